The summed E-state index contributed by atoms with van der Waals surface area (Å²) < 4.78 is 23.7. The van der Waals surface area contributed by atoms with Gasteiger partial charge < -0.3 is 4.90 Å². The highest BCUT2D eigenvalue weighted by Gasteiger charge is 2.14. The van der Waals surface area contributed by atoms with E-state index in [-0.39, 0.29) is 6.04 Å². The maximum atomic E-state index is 10.7. The van der Waals surface area contributed by atoms with Crippen molar-refractivity contribution in [2.75, 3.05) is 20.6 Å². The summed E-state index contributed by atoms with van der Waals surface area (Å²) in [5.41, 5.74) is 0. The van der Waals surface area contributed by atoms with Crippen LogP contribution in [0.2, 0.25) is 0 Å². The second kappa shape index (κ2) is 5.65. The Balaban J connectivity index is 4.11. The number of likely N-dealkylation sites (N-methyl/N-ethyl adjacent to an activating group) is 1. The van der Waals surface area contributed by atoms with E-state index in [4.69, 9.17) is 5.14 Å². The van der Waals surface area contributed by atoms with Crippen molar-refractivity contribution in [3.63, 3.8) is 0 Å². The predicted molar refractivity (Wildman–Crippen MR) is 58.0 cm³/mol. The standard InChI is InChI=1S/C8H21N3O2S/c1-7(2)5-8(11(3)4)6-10-14(9,12)13/h7-8,10H,5-6H2,1-4H3,(H2,9,12,13). The third-order valence-electron chi connectivity index (χ3n) is 1.99. The molecule has 0 aliphatic carbocycles. The molecule has 0 spiro atoms. The van der Waals surface area contributed by atoms with Crippen LogP contribution < -0.4 is 9.86 Å². The van der Waals surface area contributed by atoms with Gasteiger partial charge >= 0.3 is 0 Å². The molecule has 0 aliphatic rings. The van der Waals surface area contributed by atoms with Crippen LogP contribution >= 0.6 is 0 Å². The lowest BCUT2D eigenvalue weighted by Gasteiger charge is -2.25. The quantitative estimate of drug-likeness (QED) is 0.652. The van der Waals surface area contributed by atoms with Crippen molar-refractivity contribution in [2.45, 2.75) is 26.3 Å². The van der Waals surface area contributed by atoms with E-state index in [0.29, 0.717) is 12.5 Å². The number of hydrogen-bond acceptors (Lipinski definition) is 3. The average Bonchev–Trinajstić information content (AvgIpc) is 1.94. The lowest BCUT2D eigenvalue weighted by Crippen LogP contribution is -2.43. The van der Waals surface area contributed by atoms with Crippen LogP contribution in [0, 0.1) is 5.92 Å². The molecule has 3 N–H and O–H groups in total. The minimum absolute atomic E-state index is 0.188. The molecule has 0 fully saturated rings. The maximum Gasteiger partial charge on any atom is 0.274 e. The fraction of sp³-hybridized carbons (Fsp3) is 1.00. The fourth-order valence-corrected chi connectivity index (χ4v) is 1.66. The van der Waals surface area contributed by atoms with E-state index in [1.165, 1.54) is 0 Å². The highest BCUT2D eigenvalue weighted by atomic mass is 32.2. The van der Waals surface area contributed by atoms with Gasteiger partial charge in [-0.15, -0.1) is 0 Å². The van der Waals surface area contributed by atoms with Crippen molar-refractivity contribution in [3.8, 4) is 0 Å². The van der Waals surface area contributed by atoms with E-state index in [9.17, 15) is 8.42 Å². The first-order valence-electron chi connectivity index (χ1n) is 4.66. The number of nitrogens with zero attached hydrogens (tertiary/aromatic N) is 1. The van der Waals surface area contributed by atoms with Crippen LogP contribution in [0.25, 0.3) is 0 Å². The average molecular weight is 223 g/mol. The van der Waals surface area contributed by atoms with Gasteiger partial charge in [0.15, 0.2) is 0 Å². The molecule has 0 aromatic heterocycles. The lowest BCUT2D eigenvalue weighted by atomic mass is 10.0. The molecular formula is C8H21N3O2S. The van der Waals surface area contributed by atoms with E-state index in [1.807, 2.05) is 19.0 Å². The molecule has 6 heteroatoms. The molecule has 0 saturated heterocycles. The van der Waals surface area contributed by atoms with Crippen LogP contribution in [-0.2, 0) is 10.2 Å². The Kier molecular flexibility index (Phi) is 5.58. The summed E-state index contributed by atoms with van der Waals surface area (Å²) in [5, 5.41) is 4.86. The summed E-state index contributed by atoms with van der Waals surface area (Å²) in [6.45, 7) is 4.57. The molecular weight excluding hydrogens is 202 g/mol. The molecule has 0 heterocycles. The Morgan fingerprint density at radius 2 is 1.86 bits per heavy atom. The largest absolute Gasteiger partial charge is 0.305 e. The Hall–Kier alpha value is -0.170. The van der Waals surface area contributed by atoms with Crippen LogP contribution in [0.5, 0.6) is 0 Å². The SMILES string of the molecule is CC(C)CC(CNS(N)(=O)=O)N(C)C. The molecule has 0 rings (SSSR count). The van der Waals surface area contributed by atoms with E-state index in [1.54, 1.807) is 0 Å². The zero-order chi connectivity index (χ0) is 11.4. The van der Waals surface area contributed by atoms with Gasteiger partial charge in [0.25, 0.3) is 10.2 Å². The molecule has 0 bridgehead atoms. The normalized spacial score (nSPS) is 15.1. The first-order valence-corrected chi connectivity index (χ1v) is 6.21. The lowest BCUT2D eigenvalue weighted by molar-refractivity contribution is 0.255. The molecule has 1 atom stereocenters. The monoisotopic (exact) mass is 223 g/mol. The second-order valence-electron chi connectivity index (χ2n) is 4.14. The summed E-state index contributed by atoms with van der Waals surface area (Å²) in [5.74, 6) is 0.532. The summed E-state index contributed by atoms with van der Waals surface area (Å²) >= 11 is 0. The third-order valence-corrected chi connectivity index (χ3v) is 2.56. The van der Waals surface area contributed by atoms with Gasteiger partial charge in [-0.25, -0.2) is 9.86 Å². The Morgan fingerprint density at radius 1 is 1.36 bits per heavy atom. The van der Waals surface area contributed by atoms with Gasteiger partial charge in [0.2, 0.25) is 0 Å². The Morgan fingerprint density at radius 3 is 2.14 bits per heavy atom. The van der Waals surface area contributed by atoms with Crippen molar-refractivity contribution in [1.29, 1.82) is 0 Å². The van der Waals surface area contributed by atoms with Gasteiger partial charge in [0.05, 0.1) is 0 Å². The molecule has 0 radical (unpaired) electrons. The predicted octanol–water partition coefficient (Wildman–Crippen LogP) is -0.244. The Labute approximate surface area is 86.8 Å². The number of nitrogens with one attached hydrogen (secondary N) is 1. The van der Waals surface area contributed by atoms with Crippen LogP contribution in [0.3, 0.4) is 0 Å². The van der Waals surface area contributed by atoms with Crippen LogP contribution in [-0.4, -0.2) is 40.0 Å². The molecule has 0 saturated carbocycles. The van der Waals surface area contributed by atoms with E-state index in [2.05, 4.69) is 18.6 Å². The molecule has 14 heavy (non-hydrogen) atoms. The zero-order valence-electron chi connectivity index (χ0n) is 9.32. The first-order chi connectivity index (χ1) is 6.22. The summed E-state index contributed by atoms with van der Waals surface area (Å²) in [7, 11) is 0.292. The van der Waals surface area contributed by atoms with Crippen LogP contribution in [0.4, 0.5) is 0 Å². The molecule has 0 aliphatic heterocycles. The van der Waals surface area contributed by atoms with E-state index >= 15 is 0 Å². The van der Waals surface area contributed by atoms with Crippen molar-refractivity contribution < 1.29 is 8.42 Å². The van der Waals surface area contributed by atoms with Crippen LogP contribution in [0.1, 0.15) is 20.3 Å². The van der Waals surface area contributed by atoms with Crippen molar-refractivity contribution >= 4 is 10.2 Å². The van der Waals surface area contributed by atoms with Crippen molar-refractivity contribution in [3.05, 3.63) is 0 Å². The highest BCUT2D eigenvalue weighted by molar-refractivity contribution is 7.87. The van der Waals surface area contributed by atoms with Gasteiger partial charge in [-0.1, -0.05) is 13.8 Å². The van der Waals surface area contributed by atoms with Crippen LogP contribution in [0.15, 0.2) is 0 Å². The van der Waals surface area contributed by atoms with Crippen molar-refractivity contribution in [1.82, 2.24) is 9.62 Å². The molecule has 86 valence electrons. The molecule has 0 aromatic rings. The Bertz CT molecular complexity index is 249. The molecule has 0 amide bonds. The number of hydrogen-bond donors (Lipinski definition) is 2. The highest BCUT2D eigenvalue weighted by Crippen LogP contribution is 2.07. The first kappa shape index (κ1) is 13.8. The minimum Gasteiger partial charge on any atom is -0.305 e. The fourth-order valence-electron chi connectivity index (χ4n) is 1.23. The summed E-state index contributed by atoms with van der Waals surface area (Å²) in [6.07, 6.45) is 0.940. The van der Waals surface area contributed by atoms with Crippen molar-refractivity contribution in [2.24, 2.45) is 11.1 Å². The van der Waals surface area contributed by atoms with Gasteiger partial charge in [-0.3, -0.25) is 0 Å². The topological polar surface area (TPSA) is 75.4 Å². The maximum absolute atomic E-state index is 10.7. The molecule has 5 nitrogen and oxygen atoms in total. The summed E-state index contributed by atoms with van der Waals surface area (Å²) in [4.78, 5) is 2.00. The van der Waals surface area contributed by atoms with E-state index < -0.39 is 10.2 Å². The zero-order valence-corrected chi connectivity index (χ0v) is 10.1. The minimum atomic E-state index is -3.57. The second-order valence-corrected chi connectivity index (χ2v) is 5.52. The summed E-state index contributed by atoms with van der Waals surface area (Å²) in [6, 6.07) is 0.188. The number of nitrogens with two attached hydrogens (primary N) is 1. The smallest absolute Gasteiger partial charge is 0.274 e. The number of rotatable bonds is 6. The molecule has 1 unspecified atom stereocenters. The van der Waals surface area contributed by atoms with Gasteiger partial charge in [-0.2, -0.15) is 8.42 Å². The molecule has 0 aromatic carbocycles. The van der Waals surface area contributed by atoms with Gasteiger partial charge in [-0.05, 0) is 26.4 Å². The van der Waals surface area contributed by atoms with E-state index in [0.717, 1.165) is 6.42 Å². The van der Waals surface area contributed by atoms with Gasteiger partial charge in [0.1, 0.15) is 0 Å². The third kappa shape index (κ3) is 7.25. The van der Waals surface area contributed by atoms with Gasteiger partial charge in [0, 0.05) is 12.6 Å².